The fraction of sp³-hybridized carbons (Fsp3) is 0.588. The highest BCUT2D eigenvalue weighted by atomic mass is 79.9. The van der Waals surface area contributed by atoms with E-state index in [9.17, 15) is 4.79 Å². The molecule has 1 saturated heterocycles. The second-order valence-corrected chi connectivity index (χ2v) is 7.37. The first-order chi connectivity index (χ1) is 10.4. The zero-order valence-corrected chi connectivity index (χ0v) is 16.3. The average Bonchev–Trinajstić information content (AvgIpc) is 2.93. The van der Waals surface area contributed by atoms with E-state index in [1.54, 1.807) is 0 Å². The van der Waals surface area contributed by atoms with Gasteiger partial charge in [0, 0.05) is 29.8 Å². The maximum atomic E-state index is 12.2. The zero-order chi connectivity index (χ0) is 16.2. The molecule has 1 amide bonds. The molecule has 1 heterocycles. The normalized spacial score (nSPS) is 19.8. The Kier molecular flexibility index (Phi) is 7.84. The molecule has 23 heavy (non-hydrogen) atoms. The number of benzene rings is 1. The zero-order valence-electron chi connectivity index (χ0n) is 13.8. The van der Waals surface area contributed by atoms with Crippen LogP contribution >= 0.6 is 28.3 Å². The summed E-state index contributed by atoms with van der Waals surface area (Å²) in [5.74, 6) is 0.454. The van der Waals surface area contributed by atoms with E-state index in [0.717, 1.165) is 30.4 Å². The third-order valence-electron chi connectivity index (χ3n) is 4.30. The molecule has 130 valence electrons. The van der Waals surface area contributed by atoms with E-state index in [1.165, 1.54) is 5.69 Å². The third-order valence-corrected chi connectivity index (χ3v) is 4.79. The lowest BCUT2D eigenvalue weighted by molar-refractivity contribution is -0.126. The van der Waals surface area contributed by atoms with Gasteiger partial charge in [0.2, 0.25) is 5.91 Å². The van der Waals surface area contributed by atoms with Crippen LogP contribution in [0.1, 0.15) is 33.1 Å². The van der Waals surface area contributed by atoms with Gasteiger partial charge in [-0.3, -0.25) is 4.79 Å². The minimum Gasteiger partial charge on any atom is -0.371 e. The molecule has 1 aliphatic heterocycles. The molecule has 2 atom stereocenters. The molecule has 0 radical (unpaired) electrons. The Morgan fingerprint density at radius 2 is 2.26 bits per heavy atom. The molecular weight excluding hydrogens is 378 g/mol. The number of carbonyl (C=O) groups is 1. The molecule has 2 unspecified atom stereocenters. The maximum absolute atomic E-state index is 12.2. The van der Waals surface area contributed by atoms with Gasteiger partial charge in [-0.05, 0) is 43.9 Å². The van der Waals surface area contributed by atoms with Gasteiger partial charge in [0.1, 0.15) is 0 Å². The second-order valence-electron chi connectivity index (χ2n) is 6.46. The van der Waals surface area contributed by atoms with Crippen molar-refractivity contribution < 1.29 is 4.79 Å². The molecule has 3 N–H and O–H groups in total. The van der Waals surface area contributed by atoms with E-state index in [2.05, 4.69) is 44.3 Å². The summed E-state index contributed by atoms with van der Waals surface area (Å²) in [7, 11) is 0. The van der Waals surface area contributed by atoms with E-state index >= 15 is 0 Å². The number of halogens is 2. The van der Waals surface area contributed by atoms with E-state index in [0.29, 0.717) is 18.9 Å². The van der Waals surface area contributed by atoms with Crippen LogP contribution in [-0.2, 0) is 4.79 Å². The SMILES string of the molecule is CCCC(C)(N)C(=O)NCC1CCN(c2cccc(Br)c2)C1.Cl. The average molecular weight is 405 g/mol. The first-order valence-electron chi connectivity index (χ1n) is 8.00. The van der Waals surface area contributed by atoms with Gasteiger partial charge >= 0.3 is 0 Å². The Labute approximate surface area is 153 Å². The summed E-state index contributed by atoms with van der Waals surface area (Å²) in [5, 5.41) is 3.03. The lowest BCUT2D eigenvalue weighted by atomic mass is 9.96. The summed E-state index contributed by atoms with van der Waals surface area (Å²) in [4.78, 5) is 14.5. The van der Waals surface area contributed by atoms with Crippen LogP contribution in [0.2, 0.25) is 0 Å². The maximum Gasteiger partial charge on any atom is 0.239 e. The molecule has 1 aromatic carbocycles. The molecule has 4 nitrogen and oxygen atoms in total. The number of nitrogens with two attached hydrogens (primary N) is 1. The summed E-state index contributed by atoms with van der Waals surface area (Å²) in [6.07, 6.45) is 2.73. The second kappa shape index (κ2) is 8.90. The minimum atomic E-state index is -0.753. The van der Waals surface area contributed by atoms with Gasteiger partial charge in [-0.25, -0.2) is 0 Å². The van der Waals surface area contributed by atoms with E-state index in [4.69, 9.17) is 5.73 Å². The Balaban J connectivity index is 0.00000264. The molecular formula is C17H27BrClN3O. The summed E-state index contributed by atoms with van der Waals surface area (Å²) in [6, 6.07) is 8.36. The van der Waals surface area contributed by atoms with Crippen molar-refractivity contribution in [1.82, 2.24) is 5.32 Å². The smallest absolute Gasteiger partial charge is 0.239 e. The van der Waals surface area contributed by atoms with Crippen LogP contribution in [0.3, 0.4) is 0 Å². The number of nitrogens with zero attached hydrogens (tertiary/aromatic N) is 1. The van der Waals surface area contributed by atoms with Gasteiger partial charge in [-0.15, -0.1) is 12.4 Å². The van der Waals surface area contributed by atoms with Crippen molar-refractivity contribution in [1.29, 1.82) is 0 Å². The number of anilines is 1. The molecule has 1 aromatic rings. The van der Waals surface area contributed by atoms with Crippen LogP contribution in [0.15, 0.2) is 28.7 Å². The van der Waals surface area contributed by atoms with Crippen LogP contribution in [-0.4, -0.2) is 31.1 Å². The minimum absolute atomic E-state index is 0. The van der Waals surface area contributed by atoms with Crippen molar-refractivity contribution in [2.75, 3.05) is 24.5 Å². The Morgan fingerprint density at radius 3 is 2.91 bits per heavy atom. The molecule has 0 aliphatic carbocycles. The largest absolute Gasteiger partial charge is 0.371 e. The number of carbonyl (C=O) groups excluding carboxylic acids is 1. The van der Waals surface area contributed by atoms with E-state index in [1.807, 2.05) is 19.9 Å². The Bertz CT molecular complexity index is 524. The number of rotatable bonds is 6. The van der Waals surface area contributed by atoms with Crippen LogP contribution in [0.25, 0.3) is 0 Å². The van der Waals surface area contributed by atoms with Crippen molar-refractivity contribution in [2.24, 2.45) is 11.7 Å². The van der Waals surface area contributed by atoms with Gasteiger partial charge in [0.15, 0.2) is 0 Å². The molecule has 0 bridgehead atoms. The summed E-state index contributed by atoms with van der Waals surface area (Å²) in [6.45, 7) is 6.58. The number of nitrogens with one attached hydrogen (secondary N) is 1. The van der Waals surface area contributed by atoms with Gasteiger partial charge in [-0.2, -0.15) is 0 Å². The third kappa shape index (κ3) is 5.66. The molecule has 1 fully saturated rings. The first kappa shape index (κ1) is 20.3. The predicted octanol–water partition coefficient (Wildman–Crippen LogP) is 3.33. The van der Waals surface area contributed by atoms with Gasteiger partial charge in [-0.1, -0.05) is 35.3 Å². The molecule has 1 aliphatic rings. The standard InChI is InChI=1S/C17H26BrN3O.ClH/c1-3-8-17(2,19)16(22)20-11-13-7-9-21(12-13)15-6-4-5-14(18)10-15;/h4-6,10,13H,3,7-9,11-12,19H2,1-2H3,(H,20,22);1H. The highest BCUT2D eigenvalue weighted by Crippen LogP contribution is 2.26. The summed E-state index contributed by atoms with van der Waals surface area (Å²) < 4.78 is 1.10. The first-order valence-corrected chi connectivity index (χ1v) is 8.79. The summed E-state index contributed by atoms with van der Waals surface area (Å²) >= 11 is 3.51. The topological polar surface area (TPSA) is 58.4 Å². The molecule has 0 spiro atoms. The van der Waals surface area contributed by atoms with E-state index in [-0.39, 0.29) is 18.3 Å². The predicted molar refractivity (Wildman–Crippen MR) is 102 cm³/mol. The number of amides is 1. The molecule has 2 rings (SSSR count). The molecule has 0 aromatic heterocycles. The lowest BCUT2D eigenvalue weighted by Crippen LogP contribution is -2.52. The number of hydrogen-bond acceptors (Lipinski definition) is 3. The quantitative estimate of drug-likeness (QED) is 0.764. The van der Waals surface area contributed by atoms with Crippen molar-refractivity contribution >= 4 is 39.9 Å². The Morgan fingerprint density at radius 1 is 1.52 bits per heavy atom. The van der Waals surface area contributed by atoms with Crippen molar-refractivity contribution in [3.63, 3.8) is 0 Å². The van der Waals surface area contributed by atoms with Gasteiger partial charge in [0.05, 0.1) is 5.54 Å². The van der Waals surface area contributed by atoms with Crippen molar-refractivity contribution in [2.45, 2.75) is 38.6 Å². The van der Waals surface area contributed by atoms with Gasteiger partial charge < -0.3 is 16.0 Å². The molecule has 6 heteroatoms. The van der Waals surface area contributed by atoms with Gasteiger partial charge in [0.25, 0.3) is 0 Å². The highest BCUT2D eigenvalue weighted by molar-refractivity contribution is 9.10. The number of hydrogen-bond donors (Lipinski definition) is 2. The molecule has 0 saturated carbocycles. The van der Waals surface area contributed by atoms with Crippen LogP contribution < -0.4 is 16.0 Å². The lowest BCUT2D eigenvalue weighted by Gasteiger charge is -2.24. The fourth-order valence-corrected chi connectivity index (χ4v) is 3.37. The highest BCUT2D eigenvalue weighted by Gasteiger charge is 2.29. The monoisotopic (exact) mass is 403 g/mol. The van der Waals surface area contributed by atoms with Crippen LogP contribution in [0.4, 0.5) is 5.69 Å². The van der Waals surface area contributed by atoms with Crippen molar-refractivity contribution in [3.05, 3.63) is 28.7 Å². The Hall–Kier alpha value is -0.780. The van der Waals surface area contributed by atoms with E-state index < -0.39 is 5.54 Å². The summed E-state index contributed by atoms with van der Waals surface area (Å²) in [5.41, 5.74) is 6.54. The van der Waals surface area contributed by atoms with Crippen LogP contribution in [0.5, 0.6) is 0 Å². The van der Waals surface area contributed by atoms with Crippen molar-refractivity contribution in [3.8, 4) is 0 Å². The van der Waals surface area contributed by atoms with Crippen LogP contribution in [0, 0.1) is 5.92 Å². The fourth-order valence-electron chi connectivity index (χ4n) is 2.98.